The van der Waals surface area contributed by atoms with E-state index in [9.17, 15) is 4.39 Å². The minimum Gasteiger partial charge on any atom is -0.381 e. The second-order valence-electron chi connectivity index (χ2n) is 5.45. The van der Waals surface area contributed by atoms with Gasteiger partial charge in [-0.05, 0) is 49.2 Å². The molecule has 104 valence electrons. The second kappa shape index (κ2) is 5.16. The average molecular weight is 270 g/mol. The molecule has 0 spiro atoms. The first-order chi connectivity index (χ1) is 9.65. The third-order valence-electron chi connectivity index (χ3n) is 3.98. The fourth-order valence-electron chi connectivity index (χ4n) is 2.74. The number of anilines is 2. The molecule has 2 aromatic carbocycles. The van der Waals surface area contributed by atoms with Gasteiger partial charge in [0, 0.05) is 19.1 Å². The van der Waals surface area contributed by atoms with E-state index in [2.05, 4.69) is 35.3 Å². The van der Waals surface area contributed by atoms with Crippen LogP contribution in [0.25, 0.3) is 0 Å². The summed E-state index contributed by atoms with van der Waals surface area (Å²) < 4.78 is 13.2. The van der Waals surface area contributed by atoms with Crippen molar-refractivity contribution >= 4 is 11.4 Å². The SMILES string of the molecule is Cc1cc(F)ccc1CN1c2ccccc2NCC1C. The van der Waals surface area contributed by atoms with E-state index < -0.39 is 0 Å². The summed E-state index contributed by atoms with van der Waals surface area (Å²) in [4.78, 5) is 2.38. The summed E-state index contributed by atoms with van der Waals surface area (Å²) in [6.07, 6.45) is 0. The summed E-state index contributed by atoms with van der Waals surface area (Å²) in [5.74, 6) is -0.167. The normalized spacial score (nSPS) is 17.6. The van der Waals surface area contributed by atoms with Crippen molar-refractivity contribution in [3.05, 3.63) is 59.4 Å². The summed E-state index contributed by atoms with van der Waals surface area (Å²) in [5.41, 5.74) is 4.57. The standard InChI is InChI=1S/C17H19FN2/c1-12-9-15(18)8-7-14(12)11-20-13(2)10-19-16-5-3-4-6-17(16)20/h3-9,13,19H,10-11H2,1-2H3. The molecule has 0 aromatic heterocycles. The molecule has 0 aliphatic carbocycles. The molecule has 0 saturated heterocycles. The zero-order chi connectivity index (χ0) is 14.1. The largest absolute Gasteiger partial charge is 0.381 e. The van der Waals surface area contributed by atoms with E-state index in [1.807, 2.05) is 19.1 Å². The predicted octanol–water partition coefficient (Wildman–Crippen LogP) is 3.95. The van der Waals surface area contributed by atoms with Gasteiger partial charge >= 0.3 is 0 Å². The van der Waals surface area contributed by atoms with Gasteiger partial charge in [0.1, 0.15) is 5.82 Å². The zero-order valence-corrected chi connectivity index (χ0v) is 11.9. The Kier molecular flexibility index (Phi) is 3.35. The Labute approximate surface area is 119 Å². The van der Waals surface area contributed by atoms with Crippen LogP contribution >= 0.6 is 0 Å². The Balaban J connectivity index is 1.93. The predicted molar refractivity (Wildman–Crippen MR) is 81.7 cm³/mol. The number of benzene rings is 2. The number of para-hydroxylation sites is 2. The van der Waals surface area contributed by atoms with Crippen molar-refractivity contribution in [3.63, 3.8) is 0 Å². The first-order valence-corrected chi connectivity index (χ1v) is 7.00. The van der Waals surface area contributed by atoms with Crippen LogP contribution in [0.5, 0.6) is 0 Å². The average Bonchev–Trinajstić information content (AvgIpc) is 2.44. The number of fused-ring (bicyclic) bond motifs is 1. The smallest absolute Gasteiger partial charge is 0.123 e. The van der Waals surface area contributed by atoms with Crippen LogP contribution < -0.4 is 10.2 Å². The quantitative estimate of drug-likeness (QED) is 0.888. The zero-order valence-electron chi connectivity index (χ0n) is 11.9. The van der Waals surface area contributed by atoms with Crippen LogP contribution in [0, 0.1) is 12.7 Å². The van der Waals surface area contributed by atoms with Crippen molar-refractivity contribution in [1.29, 1.82) is 0 Å². The molecule has 0 bridgehead atoms. The van der Waals surface area contributed by atoms with Gasteiger partial charge in [0.25, 0.3) is 0 Å². The van der Waals surface area contributed by atoms with Crippen molar-refractivity contribution in [3.8, 4) is 0 Å². The van der Waals surface area contributed by atoms with Gasteiger partial charge in [0.15, 0.2) is 0 Å². The highest BCUT2D eigenvalue weighted by molar-refractivity contribution is 5.72. The van der Waals surface area contributed by atoms with Crippen molar-refractivity contribution in [2.75, 3.05) is 16.8 Å². The number of hydrogen-bond donors (Lipinski definition) is 1. The van der Waals surface area contributed by atoms with Crippen LogP contribution in [-0.2, 0) is 6.54 Å². The Hall–Kier alpha value is -2.03. The number of aryl methyl sites for hydroxylation is 1. The summed E-state index contributed by atoms with van der Waals surface area (Å²) in [6, 6.07) is 13.8. The summed E-state index contributed by atoms with van der Waals surface area (Å²) in [5, 5.41) is 3.45. The fraction of sp³-hybridized carbons (Fsp3) is 0.294. The molecular weight excluding hydrogens is 251 g/mol. The Morgan fingerprint density at radius 1 is 1.25 bits per heavy atom. The molecule has 2 nitrogen and oxygen atoms in total. The van der Waals surface area contributed by atoms with Crippen LogP contribution in [-0.4, -0.2) is 12.6 Å². The lowest BCUT2D eigenvalue weighted by atomic mass is 10.0. The number of halogens is 1. The van der Waals surface area contributed by atoms with Gasteiger partial charge in [-0.3, -0.25) is 0 Å². The highest BCUT2D eigenvalue weighted by Crippen LogP contribution is 2.32. The monoisotopic (exact) mass is 270 g/mol. The van der Waals surface area contributed by atoms with E-state index in [4.69, 9.17) is 0 Å². The molecule has 3 heteroatoms. The fourth-order valence-corrected chi connectivity index (χ4v) is 2.74. The number of hydrogen-bond acceptors (Lipinski definition) is 2. The van der Waals surface area contributed by atoms with Crippen LogP contribution in [0.1, 0.15) is 18.1 Å². The number of nitrogens with zero attached hydrogens (tertiary/aromatic N) is 1. The topological polar surface area (TPSA) is 15.3 Å². The minimum atomic E-state index is -0.167. The highest BCUT2D eigenvalue weighted by Gasteiger charge is 2.22. The van der Waals surface area contributed by atoms with E-state index in [0.29, 0.717) is 6.04 Å². The lowest BCUT2D eigenvalue weighted by Gasteiger charge is -2.38. The molecule has 1 aliphatic rings. The molecule has 20 heavy (non-hydrogen) atoms. The van der Waals surface area contributed by atoms with E-state index in [1.165, 1.54) is 16.9 Å². The summed E-state index contributed by atoms with van der Waals surface area (Å²) >= 11 is 0. The van der Waals surface area contributed by atoms with Crippen LogP contribution in [0.4, 0.5) is 15.8 Å². The van der Waals surface area contributed by atoms with Crippen LogP contribution in [0.15, 0.2) is 42.5 Å². The molecule has 1 unspecified atom stereocenters. The molecule has 1 N–H and O–H groups in total. The van der Waals surface area contributed by atoms with E-state index in [0.717, 1.165) is 18.7 Å². The Morgan fingerprint density at radius 3 is 2.85 bits per heavy atom. The van der Waals surface area contributed by atoms with Crippen LogP contribution in [0.2, 0.25) is 0 Å². The molecule has 1 heterocycles. The maximum absolute atomic E-state index is 13.2. The van der Waals surface area contributed by atoms with Crippen molar-refractivity contribution in [2.45, 2.75) is 26.4 Å². The molecular formula is C17H19FN2. The third kappa shape index (κ3) is 2.36. The first kappa shape index (κ1) is 13.0. The Bertz CT molecular complexity index is 624. The first-order valence-electron chi connectivity index (χ1n) is 7.00. The van der Waals surface area contributed by atoms with Gasteiger partial charge in [0.05, 0.1) is 11.4 Å². The van der Waals surface area contributed by atoms with Gasteiger partial charge < -0.3 is 10.2 Å². The van der Waals surface area contributed by atoms with E-state index in [-0.39, 0.29) is 5.82 Å². The molecule has 3 rings (SSSR count). The van der Waals surface area contributed by atoms with Crippen molar-refractivity contribution in [1.82, 2.24) is 0 Å². The van der Waals surface area contributed by atoms with Crippen molar-refractivity contribution in [2.24, 2.45) is 0 Å². The molecule has 1 atom stereocenters. The molecule has 0 saturated carbocycles. The van der Waals surface area contributed by atoms with Crippen LogP contribution in [0.3, 0.4) is 0 Å². The van der Waals surface area contributed by atoms with Crippen molar-refractivity contribution < 1.29 is 4.39 Å². The van der Waals surface area contributed by atoms with E-state index in [1.54, 1.807) is 12.1 Å². The molecule has 2 aromatic rings. The number of nitrogens with one attached hydrogen (secondary N) is 1. The molecule has 0 amide bonds. The van der Waals surface area contributed by atoms with Gasteiger partial charge in [-0.1, -0.05) is 18.2 Å². The van der Waals surface area contributed by atoms with Gasteiger partial charge in [-0.2, -0.15) is 0 Å². The number of rotatable bonds is 2. The third-order valence-corrected chi connectivity index (χ3v) is 3.98. The van der Waals surface area contributed by atoms with Gasteiger partial charge in [-0.25, -0.2) is 4.39 Å². The summed E-state index contributed by atoms with van der Waals surface area (Å²) in [7, 11) is 0. The van der Waals surface area contributed by atoms with E-state index >= 15 is 0 Å². The van der Waals surface area contributed by atoms with Gasteiger partial charge in [-0.15, -0.1) is 0 Å². The lowest BCUT2D eigenvalue weighted by Crippen LogP contribution is -2.41. The maximum Gasteiger partial charge on any atom is 0.123 e. The maximum atomic E-state index is 13.2. The minimum absolute atomic E-state index is 0.167. The molecule has 1 aliphatic heterocycles. The molecule has 0 radical (unpaired) electrons. The Morgan fingerprint density at radius 2 is 2.05 bits per heavy atom. The lowest BCUT2D eigenvalue weighted by molar-refractivity contribution is 0.620. The summed E-state index contributed by atoms with van der Waals surface area (Å²) in [6.45, 7) is 5.92. The second-order valence-corrected chi connectivity index (χ2v) is 5.45. The van der Waals surface area contributed by atoms with Gasteiger partial charge in [0.2, 0.25) is 0 Å². The molecule has 0 fully saturated rings. The highest BCUT2D eigenvalue weighted by atomic mass is 19.1.